The molecule has 2 heterocycles. The van der Waals surface area contributed by atoms with Crippen molar-refractivity contribution in [1.82, 2.24) is 4.98 Å². The first-order chi connectivity index (χ1) is 8.24. The van der Waals surface area contributed by atoms with Crippen LogP contribution < -0.4 is 9.47 Å². The maximum absolute atomic E-state index is 5.86. The third-order valence-corrected chi connectivity index (χ3v) is 3.62. The van der Waals surface area contributed by atoms with E-state index in [1.807, 2.05) is 24.4 Å². The Morgan fingerprint density at radius 1 is 1.24 bits per heavy atom. The first-order valence-corrected chi connectivity index (χ1v) is 6.51. The van der Waals surface area contributed by atoms with Crippen molar-refractivity contribution in [1.29, 1.82) is 0 Å². The van der Waals surface area contributed by atoms with Crippen molar-refractivity contribution in [2.45, 2.75) is 6.92 Å². The van der Waals surface area contributed by atoms with E-state index in [0.29, 0.717) is 17.7 Å². The Hall–Kier alpha value is -1.26. The van der Waals surface area contributed by atoms with Crippen molar-refractivity contribution in [3.63, 3.8) is 0 Å². The zero-order chi connectivity index (χ0) is 11.8. The summed E-state index contributed by atoms with van der Waals surface area (Å²) in [5, 5.41) is 1.95. The van der Waals surface area contributed by atoms with Crippen molar-refractivity contribution in [2.75, 3.05) is 13.2 Å². The van der Waals surface area contributed by atoms with Crippen LogP contribution in [0.5, 0.6) is 11.5 Å². The molecule has 0 fully saturated rings. The van der Waals surface area contributed by atoms with Gasteiger partial charge in [0.05, 0.1) is 5.69 Å². The standard InChI is InChI=1S/C12H10ClNO2S/c1-7-4-10-11(16-3-2-15-10)5-8(7)9-6-17-12(13)14-9/h4-6H,2-3H2,1H3. The van der Waals surface area contributed by atoms with Gasteiger partial charge in [0.25, 0.3) is 0 Å². The second kappa shape index (κ2) is 4.20. The Morgan fingerprint density at radius 2 is 1.94 bits per heavy atom. The van der Waals surface area contributed by atoms with Crippen LogP contribution in [0.15, 0.2) is 17.5 Å². The quantitative estimate of drug-likeness (QED) is 0.792. The van der Waals surface area contributed by atoms with Gasteiger partial charge in [0.15, 0.2) is 16.0 Å². The molecule has 0 aliphatic carbocycles. The van der Waals surface area contributed by atoms with Gasteiger partial charge in [0, 0.05) is 10.9 Å². The molecule has 0 unspecified atom stereocenters. The first-order valence-electron chi connectivity index (χ1n) is 5.25. The van der Waals surface area contributed by atoms with Gasteiger partial charge in [-0.3, -0.25) is 0 Å². The van der Waals surface area contributed by atoms with E-state index >= 15 is 0 Å². The topological polar surface area (TPSA) is 31.4 Å². The Bertz CT molecular complexity index is 568. The summed E-state index contributed by atoms with van der Waals surface area (Å²) in [6.07, 6.45) is 0. The molecule has 0 amide bonds. The van der Waals surface area contributed by atoms with Crippen LogP contribution in [0.4, 0.5) is 0 Å². The molecule has 3 nitrogen and oxygen atoms in total. The molecule has 1 aliphatic rings. The van der Waals surface area contributed by atoms with Crippen LogP contribution in [0.1, 0.15) is 5.56 Å². The van der Waals surface area contributed by atoms with Crippen LogP contribution in [0.2, 0.25) is 4.47 Å². The third-order valence-electron chi connectivity index (χ3n) is 2.64. The molecule has 0 N–H and O–H groups in total. The van der Waals surface area contributed by atoms with Gasteiger partial charge in [-0.05, 0) is 24.6 Å². The molecule has 0 saturated carbocycles. The molecule has 0 radical (unpaired) electrons. The smallest absolute Gasteiger partial charge is 0.184 e. The van der Waals surface area contributed by atoms with Gasteiger partial charge in [-0.2, -0.15) is 0 Å². The predicted molar refractivity (Wildman–Crippen MR) is 68.3 cm³/mol. The summed E-state index contributed by atoms with van der Waals surface area (Å²) in [4.78, 5) is 4.28. The highest BCUT2D eigenvalue weighted by molar-refractivity contribution is 7.14. The average Bonchev–Trinajstić information content (AvgIpc) is 2.75. The number of aryl methyl sites for hydroxylation is 1. The molecule has 0 spiro atoms. The Morgan fingerprint density at radius 3 is 2.59 bits per heavy atom. The lowest BCUT2D eigenvalue weighted by atomic mass is 10.1. The molecule has 88 valence electrons. The largest absolute Gasteiger partial charge is 0.486 e. The highest BCUT2D eigenvalue weighted by Crippen LogP contribution is 2.37. The highest BCUT2D eigenvalue weighted by atomic mass is 35.5. The fourth-order valence-corrected chi connectivity index (χ4v) is 2.61. The summed E-state index contributed by atoms with van der Waals surface area (Å²) in [5.41, 5.74) is 3.03. The monoisotopic (exact) mass is 267 g/mol. The molecule has 0 bridgehead atoms. The van der Waals surface area contributed by atoms with E-state index in [9.17, 15) is 0 Å². The zero-order valence-corrected chi connectivity index (χ0v) is 10.8. The summed E-state index contributed by atoms with van der Waals surface area (Å²) in [7, 11) is 0. The molecule has 0 atom stereocenters. The van der Waals surface area contributed by atoms with Gasteiger partial charge < -0.3 is 9.47 Å². The summed E-state index contributed by atoms with van der Waals surface area (Å²) in [6, 6.07) is 3.95. The van der Waals surface area contributed by atoms with Crippen molar-refractivity contribution in [2.24, 2.45) is 0 Å². The van der Waals surface area contributed by atoms with Gasteiger partial charge in [0.1, 0.15) is 13.2 Å². The Balaban J connectivity index is 2.11. The number of aromatic nitrogens is 1. The Labute approximate surface area is 108 Å². The van der Waals surface area contributed by atoms with Crippen molar-refractivity contribution in [3.8, 4) is 22.8 Å². The number of halogens is 1. The van der Waals surface area contributed by atoms with Crippen molar-refractivity contribution in [3.05, 3.63) is 27.5 Å². The van der Waals surface area contributed by atoms with Crippen LogP contribution in [0, 0.1) is 6.92 Å². The maximum Gasteiger partial charge on any atom is 0.184 e. The molecule has 1 aliphatic heterocycles. The van der Waals surface area contributed by atoms with Gasteiger partial charge in [0.2, 0.25) is 0 Å². The van der Waals surface area contributed by atoms with Gasteiger partial charge in [-0.25, -0.2) is 4.98 Å². The molecule has 1 aromatic heterocycles. The number of benzene rings is 1. The lowest BCUT2D eigenvalue weighted by Crippen LogP contribution is -2.15. The third kappa shape index (κ3) is 1.98. The molecule has 2 aromatic rings. The van der Waals surface area contributed by atoms with Crippen LogP contribution in [-0.4, -0.2) is 18.2 Å². The zero-order valence-electron chi connectivity index (χ0n) is 9.20. The SMILES string of the molecule is Cc1cc2c(cc1-c1csc(Cl)n1)OCCO2. The molecule has 3 rings (SSSR count). The maximum atomic E-state index is 5.86. The number of fused-ring (bicyclic) bond motifs is 1. The van der Waals surface area contributed by atoms with E-state index in [-0.39, 0.29) is 0 Å². The molecular weight excluding hydrogens is 258 g/mol. The summed E-state index contributed by atoms with van der Waals surface area (Å²) in [5.74, 6) is 1.58. The minimum Gasteiger partial charge on any atom is -0.486 e. The summed E-state index contributed by atoms with van der Waals surface area (Å²) >= 11 is 7.29. The molecule has 5 heteroatoms. The highest BCUT2D eigenvalue weighted by Gasteiger charge is 2.16. The number of ether oxygens (including phenoxy) is 2. The normalized spacial score (nSPS) is 13.8. The predicted octanol–water partition coefficient (Wildman–Crippen LogP) is 3.54. The van der Waals surface area contributed by atoms with E-state index in [1.165, 1.54) is 11.3 Å². The molecule has 0 saturated heterocycles. The minimum atomic E-state index is 0.550. The molecule has 17 heavy (non-hydrogen) atoms. The van der Waals surface area contributed by atoms with E-state index in [2.05, 4.69) is 4.98 Å². The minimum absolute atomic E-state index is 0.550. The van der Waals surface area contributed by atoms with E-state index in [4.69, 9.17) is 21.1 Å². The first kappa shape index (κ1) is 10.9. The van der Waals surface area contributed by atoms with E-state index in [0.717, 1.165) is 28.3 Å². The van der Waals surface area contributed by atoms with E-state index in [1.54, 1.807) is 0 Å². The van der Waals surface area contributed by atoms with Crippen LogP contribution in [0.25, 0.3) is 11.3 Å². The fourth-order valence-electron chi connectivity index (χ4n) is 1.84. The van der Waals surface area contributed by atoms with Crippen molar-refractivity contribution < 1.29 is 9.47 Å². The number of rotatable bonds is 1. The van der Waals surface area contributed by atoms with Gasteiger partial charge in [-0.15, -0.1) is 11.3 Å². The van der Waals surface area contributed by atoms with Crippen LogP contribution >= 0.6 is 22.9 Å². The second-order valence-corrected chi connectivity index (χ2v) is 5.24. The fraction of sp³-hybridized carbons (Fsp3) is 0.250. The lowest BCUT2D eigenvalue weighted by molar-refractivity contribution is 0.171. The number of thiazole rings is 1. The lowest BCUT2D eigenvalue weighted by Gasteiger charge is -2.19. The van der Waals surface area contributed by atoms with Gasteiger partial charge >= 0.3 is 0 Å². The number of nitrogens with zero attached hydrogens (tertiary/aromatic N) is 1. The van der Waals surface area contributed by atoms with Crippen LogP contribution in [-0.2, 0) is 0 Å². The number of hydrogen-bond acceptors (Lipinski definition) is 4. The number of hydrogen-bond donors (Lipinski definition) is 0. The molecule has 1 aromatic carbocycles. The van der Waals surface area contributed by atoms with Crippen LogP contribution in [0.3, 0.4) is 0 Å². The van der Waals surface area contributed by atoms with E-state index < -0.39 is 0 Å². The Kier molecular flexibility index (Phi) is 2.68. The molecular formula is C12H10ClNO2S. The second-order valence-electron chi connectivity index (χ2n) is 3.80. The average molecular weight is 268 g/mol. The van der Waals surface area contributed by atoms with Crippen molar-refractivity contribution >= 4 is 22.9 Å². The summed E-state index contributed by atoms with van der Waals surface area (Å²) in [6.45, 7) is 3.22. The van der Waals surface area contributed by atoms with Gasteiger partial charge in [-0.1, -0.05) is 11.6 Å². The summed E-state index contributed by atoms with van der Waals surface area (Å²) < 4.78 is 11.6.